The van der Waals surface area contributed by atoms with Crippen molar-refractivity contribution in [1.82, 2.24) is 9.29 Å². The Kier molecular flexibility index (Phi) is 4.95. The predicted molar refractivity (Wildman–Crippen MR) is 110 cm³/mol. The Bertz CT molecular complexity index is 1190. The molecule has 1 aliphatic heterocycles. The Morgan fingerprint density at radius 2 is 2.17 bits per heavy atom. The average Bonchev–Trinajstić information content (AvgIpc) is 2.66. The van der Waals surface area contributed by atoms with E-state index in [1.54, 1.807) is 6.07 Å². The summed E-state index contributed by atoms with van der Waals surface area (Å²) in [7, 11) is -2.80. The molecule has 2 heterocycles. The molecule has 0 spiro atoms. The number of pyridine rings is 1. The minimum atomic E-state index is -4.26. The van der Waals surface area contributed by atoms with Gasteiger partial charge in [-0.05, 0) is 44.2 Å². The highest BCUT2D eigenvalue weighted by molar-refractivity contribution is 7.89. The van der Waals surface area contributed by atoms with E-state index in [1.807, 2.05) is 0 Å². The topological polar surface area (TPSA) is 127 Å². The highest BCUT2D eigenvalue weighted by Gasteiger charge is 2.42. The lowest BCUT2D eigenvalue weighted by Gasteiger charge is -2.36. The fraction of sp³-hybridized carbons (Fsp3) is 0.316. The number of ether oxygens (including phenoxy) is 1. The Balaban J connectivity index is 1.96. The van der Waals surface area contributed by atoms with Crippen molar-refractivity contribution >= 4 is 27.6 Å². The molecule has 1 aromatic carbocycles. The number of rotatable bonds is 5. The van der Waals surface area contributed by atoms with Crippen molar-refractivity contribution < 1.29 is 25.1 Å². The maximum absolute atomic E-state index is 14.7. The molecule has 2 aromatic rings. The van der Waals surface area contributed by atoms with Gasteiger partial charge in [-0.25, -0.2) is 27.1 Å². The van der Waals surface area contributed by atoms with Crippen LogP contribution in [0.3, 0.4) is 0 Å². The van der Waals surface area contributed by atoms with Crippen LogP contribution in [0.5, 0.6) is 5.75 Å². The first-order chi connectivity index (χ1) is 14.8. The van der Waals surface area contributed by atoms with E-state index in [0.29, 0.717) is 10.1 Å². The maximum Gasteiger partial charge on any atom is 0.274 e. The normalized spacial score (nSPS) is 21.9. The van der Waals surface area contributed by atoms with Gasteiger partial charge in [0.2, 0.25) is 16.0 Å². The molecular weight excluding hydrogens is 413 g/mol. The number of halogens is 1. The number of aromatic nitrogens is 1. The lowest BCUT2D eigenvalue weighted by molar-refractivity contribution is 0.102. The number of carbonyl (C=O) groups is 1. The highest BCUT2D eigenvalue weighted by atomic mass is 32.2. The molecule has 0 unspecified atom stereocenters. The van der Waals surface area contributed by atoms with E-state index in [1.165, 1.54) is 38.4 Å². The molecule has 1 amide bonds. The first kappa shape index (κ1) is 18.8. The van der Waals surface area contributed by atoms with Crippen LogP contribution in [0, 0.1) is 5.82 Å². The van der Waals surface area contributed by atoms with E-state index in [2.05, 4.69) is 15.3 Å². The number of methoxy groups -OCH3 is 1. The molecule has 0 fully saturated rings. The van der Waals surface area contributed by atoms with Crippen molar-refractivity contribution in [3.63, 3.8) is 0 Å². The van der Waals surface area contributed by atoms with Crippen molar-refractivity contribution in [3.8, 4) is 5.75 Å². The van der Waals surface area contributed by atoms with Crippen molar-refractivity contribution in [1.29, 1.82) is 0 Å². The summed E-state index contributed by atoms with van der Waals surface area (Å²) in [5.41, 5.74) is 4.27. The van der Waals surface area contributed by atoms with Gasteiger partial charge in [0.1, 0.15) is 22.8 Å². The average molecular weight is 437 g/mol. The number of carbonyl (C=O) groups excluding carboxylic acids is 1. The zero-order valence-corrected chi connectivity index (χ0v) is 17.3. The van der Waals surface area contributed by atoms with Crippen molar-refractivity contribution in [2.45, 2.75) is 19.4 Å². The summed E-state index contributed by atoms with van der Waals surface area (Å²) < 4.78 is 61.0. The summed E-state index contributed by atoms with van der Waals surface area (Å²) in [6.07, 6.45) is 1.37. The second-order valence-electron chi connectivity index (χ2n) is 6.72. The number of nitrogens with two attached hydrogens (primary N) is 1. The molecule has 9 nitrogen and oxygen atoms in total. The number of amides is 1. The zero-order chi connectivity index (χ0) is 23.9. The SMILES string of the molecule is [2H]C([2H])(C)N1C(N)=N[C@](C)(c2cc(NC(=O)c3ccc(OC)cn3)ccc2F)CS1(=O)=O. The summed E-state index contributed by atoms with van der Waals surface area (Å²) in [6.45, 7) is 0.0715. The fourth-order valence-electron chi connectivity index (χ4n) is 3.13. The Morgan fingerprint density at radius 3 is 2.73 bits per heavy atom. The minimum absolute atomic E-state index is 0.0891. The summed E-state index contributed by atoms with van der Waals surface area (Å²) in [5.74, 6) is -2.17. The molecule has 11 heteroatoms. The van der Waals surface area contributed by atoms with Crippen LogP contribution in [0.1, 0.15) is 32.6 Å². The minimum Gasteiger partial charge on any atom is -0.495 e. The van der Waals surface area contributed by atoms with Crippen LogP contribution in [-0.4, -0.2) is 48.9 Å². The number of sulfonamides is 1. The third-order valence-electron chi connectivity index (χ3n) is 4.52. The Labute approximate surface area is 176 Å². The van der Waals surface area contributed by atoms with Gasteiger partial charge >= 0.3 is 0 Å². The molecule has 0 radical (unpaired) electrons. The Morgan fingerprint density at radius 1 is 1.43 bits per heavy atom. The third kappa shape index (κ3) is 4.06. The summed E-state index contributed by atoms with van der Waals surface area (Å²) in [6, 6.07) is 6.65. The van der Waals surface area contributed by atoms with Gasteiger partial charge < -0.3 is 15.8 Å². The lowest BCUT2D eigenvalue weighted by Crippen LogP contribution is -2.52. The number of hydrogen-bond donors (Lipinski definition) is 2. The second-order valence-corrected chi connectivity index (χ2v) is 8.54. The smallest absolute Gasteiger partial charge is 0.274 e. The third-order valence-corrected chi connectivity index (χ3v) is 6.38. The number of nitrogens with one attached hydrogen (secondary N) is 1. The molecule has 0 aliphatic carbocycles. The summed E-state index contributed by atoms with van der Waals surface area (Å²) >= 11 is 0. The van der Waals surface area contributed by atoms with E-state index >= 15 is 0 Å². The van der Waals surface area contributed by atoms with Crippen LogP contribution >= 0.6 is 0 Å². The molecule has 0 saturated heterocycles. The van der Waals surface area contributed by atoms with Crippen molar-refractivity contribution in [2.24, 2.45) is 10.7 Å². The van der Waals surface area contributed by atoms with Gasteiger partial charge in [-0.1, -0.05) is 0 Å². The molecule has 3 N–H and O–H groups in total. The Hall–Kier alpha value is -3.21. The number of anilines is 1. The first-order valence-corrected chi connectivity index (χ1v) is 10.4. The van der Waals surface area contributed by atoms with Crippen LogP contribution in [-0.2, 0) is 15.6 Å². The van der Waals surface area contributed by atoms with Gasteiger partial charge in [-0.3, -0.25) is 4.79 Å². The van der Waals surface area contributed by atoms with Gasteiger partial charge in [0.25, 0.3) is 5.91 Å². The summed E-state index contributed by atoms with van der Waals surface area (Å²) in [4.78, 5) is 20.6. The highest BCUT2D eigenvalue weighted by Crippen LogP contribution is 2.35. The standard InChI is InChI=1S/C19H22FN5O4S/c1-4-25-18(21)24-19(2,11-30(25,27)28)14-9-12(5-7-15(14)20)23-17(26)16-8-6-13(29-3)10-22-16/h5-10H,4,11H2,1-3H3,(H2,21,24)(H,23,26)/t19-/m0/s1/i4D2. The zero-order valence-electron chi connectivity index (χ0n) is 18.5. The summed E-state index contributed by atoms with van der Waals surface area (Å²) in [5, 5.41) is 2.58. The van der Waals surface area contributed by atoms with Gasteiger partial charge in [0.15, 0.2) is 0 Å². The predicted octanol–water partition coefficient (Wildman–Crippen LogP) is 1.68. The molecule has 0 saturated carbocycles. The van der Waals surface area contributed by atoms with Crippen LogP contribution < -0.4 is 15.8 Å². The van der Waals surface area contributed by atoms with Crippen LogP contribution in [0.4, 0.5) is 10.1 Å². The second kappa shape index (κ2) is 7.90. The van der Waals surface area contributed by atoms with Gasteiger partial charge in [-0.2, -0.15) is 0 Å². The van der Waals surface area contributed by atoms with Crippen LogP contribution in [0.25, 0.3) is 0 Å². The molecule has 160 valence electrons. The first-order valence-electron chi connectivity index (χ1n) is 9.77. The van der Waals surface area contributed by atoms with Crippen LogP contribution in [0.15, 0.2) is 41.5 Å². The molecule has 1 aromatic heterocycles. The van der Waals surface area contributed by atoms with E-state index in [4.69, 9.17) is 13.2 Å². The van der Waals surface area contributed by atoms with E-state index < -0.39 is 45.5 Å². The number of aliphatic imine (C=N–C) groups is 1. The molecule has 1 aliphatic rings. The number of guanidine groups is 1. The van der Waals surface area contributed by atoms with E-state index in [-0.39, 0.29) is 16.9 Å². The van der Waals surface area contributed by atoms with E-state index in [0.717, 1.165) is 13.0 Å². The van der Waals surface area contributed by atoms with Crippen molar-refractivity contribution in [3.05, 3.63) is 53.6 Å². The van der Waals surface area contributed by atoms with Crippen molar-refractivity contribution in [2.75, 3.05) is 24.7 Å². The molecule has 0 bridgehead atoms. The molecule has 3 rings (SSSR count). The van der Waals surface area contributed by atoms with Crippen LogP contribution in [0.2, 0.25) is 0 Å². The molecule has 1 atom stereocenters. The monoisotopic (exact) mass is 437 g/mol. The number of hydrogen-bond acceptors (Lipinski definition) is 7. The largest absolute Gasteiger partial charge is 0.495 e. The van der Waals surface area contributed by atoms with Gasteiger partial charge in [0, 0.05) is 17.7 Å². The molecular formula is C19H22FN5O4S. The number of nitrogens with zero attached hydrogens (tertiary/aromatic N) is 3. The van der Waals surface area contributed by atoms with E-state index in [9.17, 15) is 17.6 Å². The molecule has 30 heavy (non-hydrogen) atoms. The maximum atomic E-state index is 14.7. The number of benzene rings is 1. The lowest BCUT2D eigenvalue weighted by atomic mass is 9.93. The van der Waals surface area contributed by atoms with Gasteiger partial charge in [-0.15, -0.1) is 0 Å². The quantitative estimate of drug-likeness (QED) is 0.733. The fourth-order valence-corrected chi connectivity index (χ4v) is 4.79. The van der Waals surface area contributed by atoms with Gasteiger partial charge in [0.05, 0.1) is 21.8 Å².